The molecule has 0 radical (unpaired) electrons. The standard InChI is InChI=1S/C73H114O6/c1-4-7-10-13-16-19-22-25-28-31-34-36-39-42-45-48-51-54-57-60-63-66-72(75)78-69-70(68-77-71(74)65-62-59-56-53-50-47-44-41-38-33-30-27-24-21-18-15-12-9-6-3)79-73(76)67-64-61-58-55-52-49-46-43-40-37-35-32-29-26-23-20-17-14-11-8-5-2/h7-12,16-21,25-30,34-38,41-42,45,51,54,70H,4-6,13-15,22-24,31-33,39-40,43-44,46-50,52-53,55-69H2,1-3H3/b10-7-,11-8-,12-9-,19-16-,20-17-,21-18-,28-25-,29-26-,30-27-,36-34-,37-35-,41-38-,45-42-,54-51-. The highest BCUT2D eigenvalue weighted by molar-refractivity contribution is 5.71. The van der Waals surface area contributed by atoms with E-state index in [1.807, 2.05) is 0 Å². The number of carbonyl (C=O) groups is 3. The first-order chi connectivity index (χ1) is 39.0. The van der Waals surface area contributed by atoms with Crippen molar-refractivity contribution >= 4 is 17.9 Å². The molecule has 0 rings (SSSR count). The van der Waals surface area contributed by atoms with Gasteiger partial charge in [0.15, 0.2) is 6.10 Å². The lowest BCUT2D eigenvalue weighted by Crippen LogP contribution is -2.30. The van der Waals surface area contributed by atoms with Crippen LogP contribution < -0.4 is 0 Å². The maximum absolute atomic E-state index is 12.9. The zero-order valence-corrected chi connectivity index (χ0v) is 50.6. The first kappa shape index (κ1) is 73.8. The van der Waals surface area contributed by atoms with Gasteiger partial charge in [0.05, 0.1) is 0 Å². The molecule has 0 saturated carbocycles. The quantitative estimate of drug-likeness (QED) is 0.0261. The lowest BCUT2D eigenvalue weighted by molar-refractivity contribution is -0.167. The number of rotatable bonds is 55. The van der Waals surface area contributed by atoms with Gasteiger partial charge in [0.25, 0.3) is 0 Å². The maximum Gasteiger partial charge on any atom is 0.306 e. The van der Waals surface area contributed by atoms with Crippen LogP contribution in [0.4, 0.5) is 0 Å². The van der Waals surface area contributed by atoms with Crippen LogP contribution in [0.2, 0.25) is 0 Å². The lowest BCUT2D eigenvalue weighted by Gasteiger charge is -2.18. The highest BCUT2D eigenvalue weighted by atomic mass is 16.6. The number of carbonyl (C=O) groups excluding carboxylic acids is 3. The van der Waals surface area contributed by atoms with Crippen molar-refractivity contribution in [1.29, 1.82) is 0 Å². The van der Waals surface area contributed by atoms with Crippen molar-refractivity contribution in [1.82, 2.24) is 0 Å². The zero-order chi connectivity index (χ0) is 57.1. The smallest absolute Gasteiger partial charge is 0.306 e. The van der Waals surface area contributed by atoms with Crippen LogP contribution >= 0.6 is 0 Å². The van der Waals surface area contributed by atoms with Gasteiger partial charge in [-0.15, -0.1) is 0 Å². The number of esters is 3. The number of hydrogen-bond donors (Lipinski definition) is 0. The van der Waals surface area contributed by atoms with Crippen molar-refractivity contribution in [3.05, 3.63) is 170 Å². The van der Waals surface area contributed by atoms with Crippen molar-refractivity contribution in [2.75, 3.05) is 13.2 Å². The van der Waals surface area contributed by atoms with Crippen molar-refractivity contribution < 1.29 is 28.6 Å². The zero-order valence-electron chi connectivity index (χ0n) is 50.6. The summed E-state index contributed by atoms with van der Waals surface area (Å²) < 4.78 is 16.9. The molecule has 0 N–H and O–H groups in total. The SMILES string of the molecule is CC/C=C\C/C=C\C/C=C\C/C=C\C/C=C\C/C=C\CCCCC(=O)OCC(COC(=O)CCCCCCCC/C=C\C/C=C\C/C=C\C/C=C\CC)OC(=O)CCCCCCCCCC/C=C\C/C=C\C/C=C\C/C=C\CC. The molecular formula is C73H114O6. The molecule has 6 nitrogen and oxygen atoms in total. The second kappa shape index (κ2) is 65.3. The van der Waals surface area contributed by atoms with Gasteiger partial charge in [-0.05, 0) is 148 Å². The molecule has 442 valence electrons. The molecule has 79 heavy (non-hydrogen) atoms. The van der Waals surface area contributed by atoms with E-state index in [1.54, 1.807) is 0 Å². The Balaban J connectivity index is 4.55. The van der Waals surface area contributed by atoms with Gasteiger partial charge >= 0.3 is 17.9 Å². The van der Waals surface area contributed by atoms with Crippen molar-refractivity contribution in [2.45, 2.75) is 258 Å². The molecular weight excluding hydrogens is 973 g/mol. The predicted octanol–water partition coefficient (Wildman–Crippen LogP) is 21.9. The molecule has 0 aromatic rings. The van der Waals surface area contributed by atoms with Gasteiger partial charge in [-0.2, -0.15) is 0 Å². The molecule has 0 saturated heterocycles. The molecule has 0 aliphatic carbocycles. The van der Waals surface area contributed by atoms with E-state index >= 15 is 0 Å². The third-order valence-electron chi connectivity index (χ3n) is 12.7. The highest BCUT2D eigenvalue weighted by Gasteiger charge is 2.19. The summed E-state index contributed by atoms with van der Waals surface area (Å²) in [5.41, 5.74) is 0. The van der Waals surface area contributed by atoms with Crippen LogP contribution in [0.3, 0.4) is 0 Å². The van der Waals surface area contributed by atoms with E-state index in [9.17, 15) is 14.4 Å². The Labute approximate surface area is 485 Å². The summed E-state index contributed by atoms with van der Waals surface area (Å²) in [6, 6.07) is 0. The Morgan fingerprint density at radius 2 is 0.456 bits per heavy atom. The van der Waals surface area contributed by atoms with E-state index in [-0.39, 0.29) is 31.1 Å². The number of hydrogen-bond acceptors (Lipinski definition) is 6. The number of allylic oxidation sites excluding steroid dienone is 28. The fourth-order valence-corrected chi connectivity index (χ4v) is 8.07. The summed E-state index contributed by atoms with van der Waals surface area (Å²) in [7, 11) is 0. The fourth-order valence-electron chi connectivity index (χ4n) is 8.07. The normalized spacial score (nSPS) is 13.3. The molecule has 0 spiro atoms. The van der Waals surface area contributed by atoms with Crippen LogP contribution in [0.25, 0.3) is 0 Å². The summed E-state index contributed by atoms with van der Waals surface area (Å²) in [6.45, 7) is 6.24. The van der Waals surface area contributed by atoms with E-state index in [0.717, 1.165) is 161 Å². The number of unbranched alkanes of at least 4 members (excludes halogenated alkanes) is 16. The van der Waals surface area contributed by atoms with Crippen molar-refractivity contribution in [3.63, 3.8) is 0 Å². The minimum absolute atomic E-state index is 0.111. The van der Waals surface area contributed by atoms with Gasteiger partial charge in [0, 0.05) is 19.3 Å². The van der Waals surface area contributed by atoms with Crippen LogP contribution in [0.1, 0.15) is 252 Å². The summed E-state index contributed by atoms with van der Waals surface area (Å²) >= 11 is 0. The molecule has 0 aliphatic rings. The van der Waals surface area contributed by atoms with Crippen LogP contribution in [-0.2, 0) is 28.6 Å². The monoisotopic (exact) mass is 1090 g/mol. The van der Waals surface area contributed by atoms with Gasteiger partial charge in [-0.1, -0.05) is 255 Å². The molecule has 1 atom stereocenters. The van der Waals surface area contributed by atoms with Gasteiger partial charge in [-0.3, -0.25) is 14.4 Å². The Kier molecular flexibility index (Phi) is 61.0. The Hall–Kier alpha value is -5.23. The van der Waals surface area contributed by atoms with E-state index < -0.39 is 6.10 Å². The van der Waals surface area contributed by atoms with Gasteiger partial charge in [0.1, 0.15) is 13.2 Å². The van der Waals surface area contributed by atoms with Gasteiger partial charge in [-0.25, -0.2) is 0 Å². The molecule has 1 unspecified atom stereocenters. The second-order valence-electron chi connectivity index (χ2n) is 20.2. The summed E-state index contributed by atoms with van der Waals surface area (Å²) in [6.07, 6.45) is 96.3. The Morgan fingerprint density at radius 3 is 0.734 bits per heavy atom. The second-order valence-corrected chi connectivity index (χ2v) is 20.2. The van der Waals surface area contributed by atoms with E-state index in [2.05, 4.69) is 191 Å². The average molecular weight is 1090 g/mol. The van der Waals surface area contributed by atoms with E-state index in [4.69, 9.17) is 14.2 Å². The minimum atomic E-state index is -0.818. The van der Waals surface area contributed by atoms with Gasteiger partial charge < -0.3 is 14.2 Å². The molecule has 0 bridgehead atoms. The third kappa shape index (κ3) is 63.5. The minimum Gasteiger partial charge on any atom is -0.462 e. The first-order valence-corrected chi connectivity index (χ1v) is 31.6. The summed E-state index contributed by atoms with van der Waals surface area (Å²) in [5, 5.41) is 0. The molecule has 0 amide bonds. The van der Waals surface area contributed by atoms with Crippen molar-refractivity contribution in [3.8, 4) is 0 Å². The fraction of sp³-hybridized carbons (Fsp3) is 0.575. The first-order valence-electron chi connectivity index (χ1n) is 31.6. The van der Waals surface area contributed by atoms with Gasteiger partial charge in [0.2, 0.25) is 0 Å². The molecule has 0 aromatic carbocycles. The van der Waals surface area contributed by atoms with Crippen molar-refractivity contribution in [2.24, 2.45) is 0 Å². The summed E-state index contributed by atoms with van der Waals surface area (Å²) in [5.74, 6) is -0.981. The maximum atomic E-state index is 12.9. The van der Waals surface area contributed by atoms with Crippen LogP contribution in [0.15, 0.2) is 170 Å². The van der Waals surface area contributed by atoms with Crippen LogP contribution in [0.5, 0.6) is 0 Å². The topological polar surface area (TPSA) is 78.9 Å². The number of ether oxygens (including phenoxy) is 3. The van der Waals surface area contributed by atoms with Crippen LogP contribution in [-0.4, -0.2) is 37.2 Å². The van der Waals surface area contributed by atoms with E-state index in [0.29, 0.717) is 25.7 Å². The molecule has 0 heterocycles. The molecule has 0 aromatic heterocycles. The predicted molar refractivity (Wildman–Crippen MR) is 343 cm³/mol. The van der Waals surface area contributed by atoms with E-state index in [1.165, 1.54) is 44.9 Å². The average Bonchev–Trinajstić information content (AvgIpc) is 3.45. The van der Waals surface area contributed by atoms with Crippen LogP contribution in [0, 0.1) is 0 Å². The summed E-state index contributed by atoms with van der Waals surface area (Å²) in [4.78, 5) is 38.4. The molecule has 0 aliphatic heterocycles. The molecule has 6 heteroatoms. The Bertz CT molecular complexity index is 1820. The molecule has 0 fully saturated rings. The highest BCUT2D eigenvalue weighted by Crippen LogP contribution is 2.14. The largest absolute Gasteiger partial charge is 0.462 e. The Morgan fingerprint density at radius 1 is 0.253 bits per heavy atom. The lowest BCUT2D eigenvalue weighted by atomic mass is 10.1. The third-order valence-corrected chi connectivity index (χ3v) is 12.7.